The Labute approximate surface area is 189 Å². The summed E-state index contributed by atoms with van der Waals surface area (Å²) >= 11 is 11.2. The van der Waals surface area contributed by atoms with Crippen molar-refractivity contribution in [2.24, 2.45) is 15.3 Å². The fourth-order valence-electron chi connectivity index (χ4n) is 1.66. The van der Waals surface area contributed by atoms with Crippen LogP contribution < -0.4 is 5.43 Å². The van der Waals surface area contributed by atoms with E-state index < -0.39 is 23.6 Å². The Bertz CT molecular complexity index is 1020. The van der Waals surface area contributed by atoms with E-state index in [0.29, 0.717) is 10.0 Å². The largest absolute Gasteiger partial charge is 0.502 e. The number of alkyl halides is 3. The van der Waals surface area contributed by atoms with E-state index in [-0.39, 0.29) is 11.5 Å². The third kappa shape index (κ3) is 10.0. The lowest BCUT2D eigenvalue weighted by molar-refractivity contribution is -0.138. The number of hydrogen-bond acceptors (Lipinski definition) is 7. The van der Waals surface area contributed by atoms with E-state index in [1.807, 2.05) is 0 Å². The van der Waals surface area contributed by atoms with Gasteiger partial charge in [-0.25, -0.2) is 4.79 Å². The van der Waals surface area contributed by atoms with Gasteiger partial charge in [0, 0.05) is 17.0 Å². The van der Waals surface area contributed by atoms with Crippen LogP contribution in [0.5, 0.6) is 0 Å². The number of carboxylic acid groups (broad SMARTS) is 1. The average Bonchev–Trinajstić information content (AvgIpc) is 2.70. The number of Topliss-reactive ketones (excluding diaryl/α,β-unsaturated/α-hetero) is 1. The lowest BCUT2D eigenvalue weighted by Gasteiger charge is -2.05. The lowest BCUT2D eigenvalue weighted by atomic mass is 10.3. The predicted molar refractivity (Wildman–Crippen MR) is 114 cm³/mol. The molecule has 0 aliphatic heterocycles. The number of aliphatic carboxylic acids is 1. The standard InChI is InChI=1S/C10H6ClF3N2O3.C9H9ClN2O/c11-5-1-3-6(4-2-5)15-16-7(9(18)19)8(17)10(12,13)14;1-7(13)6-11-12-9-4-2-8(10)3-5-9/h1-4,17H,(H,18,19);2-6,12H,1H3/b;11-6+. The van der Waals surface area contributed by atoms with Crippen molar-refractivity contribution < 1.29 is 33.0 Å². The summed E-state index contributed by atoms with van der Waals surface area (Å²) in [5.74, 6) is -4.47. The minimum absolute atomic E-state index is 0.0816. The van der Waals surface area contributed by atoms with Crippen LogP contribution in [0.25, 0.3) is 0 Å². The first-order valence-corrected chi connectivity index (χ1v) is 9.12. The summed E-state index contributed by atoms with van der Waals surface area (Å²) in [4.78, 5) is 21.0. The van der Waals surface area contributed by atoms with E-state index in [0.717, 1.165) is 5.69 Å². The molecule has 0 saturated carbocycles. The van der Waals surface area contributed by atoms with Crippen LogP contribution in [0, 0.1) is 0 Å². The van der Waals surface area contributed by atoms with Crippen LogP contribution in [-0.4, -0.2) is 34.4 Å². The van der Waals surface area contributed by atoms with Gasteiger partial charge in [-0.15, -0.1) is 5.11 Å². The summed E-state index contributed by atoms with van der Waals surface area (Å²) in [5, 5.41) is 28.2. The Balaban J connectivity index is 0.000000343. The summed E-state index contributed by atoms with van der Waals surface area (Å²) in [6.45, 7) is 1.44. The number of allylic oxidation sites excluding steroid dienone is 1. The number of carboxylic acids is 1. The molecule has 0 amide bonds. The number of nitrogens with one attached hydrogen (secondary N) is 1. The van der Waals surface area contributed by atoms with Gasteiger partial charge in [-0.1, -0.05) is 23.2 Å². The number of aliphatic hydroxyl groups is 1. The first kappa shape index (κ1) is 26.6. The van der Waals surface area contributed by atoms with Crippen LogP contribution >= 0.6 is 23.2 Å². The van der Waals surface area contributed by atoms with E-state index in [1.165, 1.54) is 37.4 Å². The monoisotopic (exact) mass is 490 g/mol. The van der Waals surface area contributed by atoms with Crippen molar-refractivity contribution in [3.63, 3.8) is 0 Å². The highest BCUT2D eigenvalue weighted by molar-refractivity contribution is 6.31. The maximum atomic E-state index is 12.1. The molecule has 170 valence electrons. The topological polar surface area (TPSA) is 124 Å². The first-order chi connectivity index (χ1) is 14.9. The van der Waals surface area contributed by atoms with Gasteiger partial charge in [-0.2, -0.15) is 23.4 Å². The van der Waals surface area contributed by atoms with Crippen LogP contribution in [0.1, 0.15) is 6.92 Å². The number of hydrazone groups is 1. The minimum Gasteiger partial charge on any atom is -0.502 e. The number of carbonyl (C=O) groups excluding carboxylic acids is 1. The highest BCUT2D eigenvalue weighted by atomic mass is 35.5. The van der Waals surface area contributed by atoms with E-state index >= 15 is 0 Å². The van der Waals surface area contributed by atoms with E-state index in [9.17, 15) is 22.8 Å². The molecule has 0 aromatic heterocycles. The Morgan fingerprint density at radius 3 is 1.91 bits per heavy atom. The molecule has 0 bridgehead atoms. The fourth-order valence-corrected chi connectivity index (χ4v) is 1.92. The minimum atomic E-state index is -5.22. The molecule has 32 heavy (non-hydrogen) atoms. The zero-order chi connectivity index (χ0) is 24.3. The summed E-state index contributed by atoms with van der Waals surface area (Å²) in [7, 11) is 0. The summed E-state index contributed by atoms with van der Waals surface area (Å²) in [6, 6.07) is 12.5. The molecule has 3 N–H and O–H groups in total. The number of carbonyl (C=O) groups is 2. The Kier molecular flexibility index (Phi) is 10.3. The number of nitrogens with zero attached hydrogens (tertiary/aromatic N) is 3. The fraction of sp³-hybridized carbons (Fsp3) is 0.105. The Hall–Kier alpha value is -3.44. The van der Waals surface area contributed by atoms with Crippen LogP contribution in [0.15, 0.2) is 75.3 Å². The maximum absolute atomic E-state index is 12.1. The number of azo groups is 1. The van der Waals surface area contributed by atoms with E-state index in [4.69, 9.17) is 33.4 Å². The van der Waals surface area contributed by atoms with E-state index in [1.54, 1.807) is 24.3 Å². The molecule has 2 aromatic rings. The molecule has 0 fully saturated rings. The number of aliphatic hydroxyl groups excluding tert-OH is 1. The Morgan fingerprint density at radius 1 is 0.969 bits per heavy atom. The molecule has 0 heterocycles. The van der Waals surface area contributed by atoms with Gasteiger partial charge in [0.1, 0.15) is 0 Å². The normalized spacial score (nSPS) is 12.2. The van der Waals surface area contributed by atoms with Crippen molar-refractivity contribution in [1.82, 2.24) is 0 Å². The SMILES string of the molecule is CC(=O)/C=N/Nc1ccc(Cl)cc1.O=C(O)C(N=Nc1ccc(Cl)cc1)=C(O)C(F)(F)F. The molecule has 0 saturated heterocycles. The van der Waals surface area contributed by atoms with Gasteiger partial charge in [0.15, 0.2) is 5.78 Å². The molecule has 8 nitrogen and oxygen atoms in total. The first-order valence-electron chi connectivity index (χ1n) is 8.36. The third-order valence-electron chi connectivity index (χ3n) is 3.07. The quantitative estimate of drug-likeness (QED) is 0.147. The van der Waals surface area contributed by atoms with Crippen molar-refractivity contribution in [2.45, 2.75) is 13.1 Å². The van der Waals surface area contributed by atoms with Crippen LogP contribution in [0.3, 0.4) is 0 Å². The number of ketones is 1. The smallest absolute Gasteiger partial charge is 0.451 e. The van der Waals surface area contributed by atoms with E-state index in [2.05, 4.69) is 20.8 Å². The van der Waals surface area contributed by atoms with Crippen LogP contribution in [0.2, 0.25) is 10.0 Å². The number of anilines is 1. The molecule has 0 aliphatic rings. The molecule has 2 aromatic carbocycles. The van der Waals surface area contributed by atoms with Gasteiger partial charge in [-0.05, 0) is 48.5 Å². The van der Waals surface area contributed by atoms with Crippen molar-refractivity contribution in [2.75, 3.05) is 5.43 Å². The zero-order valence-corrected chi connectivity index (χ0v) is 17.7. The molecule has 0 atom stereocenters. The molecule has 0 spiro atoms. The zero-order valence-electron chi connectivity index (χ0n) is 16.1. The molecular formula is C19H15Cl2F3N4O4. The van der Waals surface area contributed by atoms with Crippen LogP contribution in [0.4, 0.5) is 24.5 Å². The van der Waals surface area contributed by atoms with Crippen molar-refractivity contribution in [1.29, 1.82) is 0 Å². The average molecular weight is 491 g/mol. The number of hydrogen-bond donors (Lipinski definition) is 3. The lowest BCUT2D eigenvalue weighted by Crippen LogP contribution is -2.16. The van der Waals surface area contributed by atoms with Gasteiger partial charge in [0.25, 0.3) is 0 Å². The second-order valence-corrected chi connectivity index (χ2v) is 6.54. The highest BCUT2D eigenvalue weighted by Crippen LogP contribution is 2.27. The predicted octanol–water partition coefficient (Wildman–Crippen LogP) is 6.17. The van der Waals surface area contributed by atoms with Gasteiger partial charge < -0.3 is 10.2 Å². The molecule has 2 rings (SSSR count). The van der Waals surface area contributed by atoms with Gasteiger partial charge in [0.05, 0.1) is 17.6 Å². The van der Waals surface area contributed by atoms with Gasteiger partial charge >= 0.3 is 12.1 Å². The third-order valence-corrected chi connectivity index (χ3v) is 3.58. The molecule has 13 heteroatoms. The van der Waals surface area contributed by atoms with Gasteiger partial charge in [-0.3, -0.25) is 10.2 Å². The van der Waals surface area contributed by atoms with Gasteiger partial charge in [0.2, 0.25) is 11.5 Å². The second-order valence-electron chi connectivity index (χ2n) is 5.66. The maximum Gasteiger partial charge on any atom is 0.451 e. The summed E-state index contributed by atoms with van der Waals surface area (Å²) < 4.78 is 36.4. The molecule has 0 aliphatic carbocycles. The number of rotatable bonds is 6. The second kappa shape index (κ2) is 12.4. The molecular weight excluding hydrogens is 476 g/mol. The molecule has 0 unspecified atom stereocenters. The number of halogens is 5. The molecule has 0 radical (unpaired) electrons. The summed E-state index contributed by atoms with van der Waals surface area (Å²) in [5.41, 5.74) is 1.97. The highest BCUT2D eigenvalue weighted by Gasteiger charge is 2.39. The van der Waals surface area contributed by atoms with Crippen molar-refractivity contribution in [3.05, 3.63) is 70.0 Å². The summed E-state index contributed by atoms with van der Waals surface area (Å²) in [6.07, 6.45) is -4.00. The van der Waals surface area contributed by atoms with Crippen molar-refractivity contribution in [3.8, 4) is 0 Å². The van der Waals surface area contributed by atoms with Crippen molar-refractivity contribution >= 4 is 52.5 Å². The number of benzene rings is 2. The Morgan fingerprint density at radius 2 is 1.47 bits per heavy atom. The van der Waals surface area contributed by atoms with Crippen LogP contribution in [-0.2, 0) is 9.59 Å².